The van der Waals surface area contributed by atoms with Gasteiger partial charge in [0.05, 0.1) is 0 Å². The molecule has 17 heteroatoms. The molecule has 0 radical (unpaired) electrons. The summed E-state index contributed by atoms with van der Waals surface area (Å²) in [6.45, 7) is 0. The van der Waals surface area contributed by atoms with E-state index in [1.165, 1.54) is 10.8 Å². The van der Waals surface area contributed by atoms with Gasteiger partial charge in [-0.15, -0.1) is 0 Å². The van der Waals surface area contributed by atoms with Gasteiger partial charge in [0, 0.05) is 0 Å². The van der Waals surface area contributed by atoms with Crippen LogP contribution in [0.1, 0.15) is 0 Å². The standard InChI is InChI=1S/2CHNOS.4CHNS.Mn.2O/c2*2-1-4-3;4*2-1-3;;;/h2*3H;4*3H;;;/q;;;;;;+6;;/p-6. The fourth-order valence-corrected chi connectivity index (χ4v) is 21.9. The van der Waals surface area contributed by atoms with Crippen LogP contribution in [0, 0.1) is 64.0 Å². The summed E-state index contributed by atoms with van der Waals surface area (Å²) in [4.78, 5) is 0. The monoisotopic (exact) mass is 467 g/mol. The zero-order valence-electron chi connectivity index (χ0n) is 10.1. The van der Waals surface area contributed by atoms with Gasteiger partial charge in [0.1, 0.15) is 0 Å². The van der Waals surface area contributed by atoms with E-state index in [4.69, 9.17) is 31.6 Å². The minimum absolute atomic E-state index is 0.471. The fourth-order valence-electron chi connectivity index (χ4n) is 0.810. The third kappa shape index (κ3) is 3.19. The summed E-state index contributed by atoms with van der Waals surface area (Å²) >= 11 is -0.941. The minimum atomic E-state index is -9.48. The van der Waals surface area contributed by atoms with E-state index in [0.717, 1.165) is 21.6 Å². The quantitative estimate of drug-likeness (QED) is 0.285. The maximum atomic E-state index is 14.1. The molecule has 0 amide bonds. The van der Waals surface area contributed by atoms with E-state index >= 15 is 0 Å². The molecule has 121 valence electrons. The molecule has 0 saturated heterocycles. The van der Waals surface area contributed by atoms with Crippen LogP contribution in [0.15, 0.2) is 0 Å². The van der Waals surface area contributed by atoms with Gasteiger partial charge in [-0.2, -0.15) is 0 Å². The summed E-state index contributed by atoms with van der Waals surface area (Å²) < 4.78 is 27.8. The molecule has 0 saturated carbocycles. The molecule has 0 aromatic rings. The molecule has 0 N–H and O–H groups in total. The molecule has 0 fully saturated rings. The van der Waals surface area contributed by atoms with E-state index in [2.05, 4.69) is 6.53 Å². The summed E-state index contributed by atoms with van der Waals surface area (Å²) in [6.07, 6.45) is 0. The Bertz CT molecular complexity index is 936. The first-order valence-corrected chi connectivity index (χ1v) is 16.2. The summed E-state index contributed by atoms with van der Waals surface area (Å²) in [7, 11) is -3.41. The number of hydrogen-bond acceptors (Lipinski definition) is 16. The molecule has 0 bridgehead atoms. The maximum absolute atomic E-state index is 14.1. The molecular formula is C6MnN6O4S6. The molecule has 0 atom stereocenters. The normalized spacial score (nSPS) is 16.8. The third-order valence-corrected chi connectivity index (χ3v) is 32.5. The molecule has 23 heavy (non-hydrogen) atoms. The van der Waals surface area contributed by atoms with Crippen molar-refractivity contribution in [2.45, 2.75) is 0 Å². The summed E-state index contributed by atoms with van der Waals surface area (Å²) in [5.74, 6) is 0. The second-order valence-corrected chi connectivity index (χ2v) is 35.6. The first-order valence-electron chi connectivity index (χ1n) is 4.13. The van der Waals surface area contributed by atoms with Crippen molar-refractivity contribution >= 4 is 64.8 Å². The van der Waals surface area contributed by atoms with Crippen LogP contribution in [-0.4, -0.2) is 0 Å². The van der Waals surface area contributed by atoms with Crippen LogP contribution < -0.4 is 0 Å². The van der Waals surface area contributed by atoms with Gasteiger partial charge in [0.2, 0.25) is 0 Å². The van der Waals surface area contributed by atoms with Crippen LogP contribution in [0.4, 0.5) is 0 Å². The Morgan fingerprint density at radius 3 is 1.00 bits per heavy atom. The molecular weight excluding hydrogens is 467 g/mol. The summed E-state index contributed by atoms with van der Waals surface area (Å²) in [5, 5.41) is 59.9. The Kier molecular flexibility index (Phi) is 4.83. The van der Waals surface area contributed by atoms with Crippen LogP contribution in [0.25, 0.3) is 0 Å². The molecule has 10 nitrogen and oxygen atoms in total. The van der Waals surface area contributed by atoms with E-state index in [0.29, 0.717) is 0 Å². The van der Waals surface area contributed by atoms with Crippen molar-refractivity contribution in [1.82, 2.24) is 0 Å². The Labute approximate surface area is 146 Å². The molecule has 0 heterocycles. The van der Waals surface area contributed by atoms with Gasteiger partial charge >= 0.3 is 148 Å². The zero-order chi connectivity index (χ0) is 18.3. The second kappa shape index (κ2) is 5.04. The molecule has 0 unspecified atom stereocenters. The van der Waals surface area contributed by atoms with Gasteiger partial charge in [0.15, 0.2) is 0 Å². The average molecular weight is 467 g/mol. The SMILES string of the molecule is N#CS[O][Mn](=[O])(=[O])([O]SC#N)([S]C#N)([S]C#N)([S]C#N)[S]C#N. The van der Waals surface area contributed by atoms with Gasteiger partial charge in [-0.1, -0.05) is 0 Å². The van der Waals surface area contributed by atoms with Gasteiger partial charge in [0.25, 0.3) is 0 Å². The van der Waals surface area contributed by atoms with Crippen molar-refractivity contribution in [3.63, 3.8) is 0 Å². The molecule has 0 aromatic heterocycles. The Balaban J connectivity index is 7.78. The van der Waals surface area contributed by atoms with E-state index in [1.807, 2.05) is 0 Å². The van der Waals surface area contributed by atoms with Crippen LogP contribution in [0.2, 0.25) is 0 Å². The van der Waals surface area contributed by atoms with Crippen LogP contribution in [-0.2, 0) is 18.9 Å². The van der Waals surface area contributed by atoms with Crippen molar-refractivity contribution in [2.75, 3.05) is 0 Å². The van der Waals surface area contributed by atoms with Crippen LogP contribution in [0.5, 0.6) is 0 Å². The number of nitriles is 6. The Morgan fingerprint density at radius 1 is 0.565 bits per heavy atom. The number of hydrogen-bond donors (Lipinski definition) is 0. The topological polar surface area (TPSA) is 195 Å². The molecule has 0 aliphatic rings. The van der Waals surface area contributed by atoms with Crippen molar-refractivity contribution in [3.8, 4) is 32.4 Å². The second-order valence-electron chi connectivity index (χ2n) is 2.91. The van der Waals surface area contributed by atoms with Crippen LogP contribution >= 0.6 is 64.8 Å². The molecule has 0 spiro atoms. The van der Waals surface area contributed by atoms with Crippen molar-refractivity contribution in [2.24, 2.45) is 0 Å². The van der Waals surface area contributed by atoms with Gasteiger partial charge in [-0.3, -0.25) is 0 Å². The first kappa shape index (κ1) is 22.1. The van der Waals surface area contributed by atoms with E-state index < -0.39 is 69.5 Å². The zero-order valence-corrected chi connectivity index (χ0v) is 16.2. The first-order chi connectivity index (χ1) is 10.4. The predicted molar refractivity (Wildman–Crippen MR) is 82.8 cm³/mol. The van der Waals surface area contributed by atoms with E-state index in [1.54, 1.807) is 0 Å². The van der Waals surface area contributed by atoms with E-state index in [-0.39, 0.29) is 0 Å². The summed E-state index contributed by atoms with van der Waals surface area (Å²) in [5.41, 5.74) is 0. The predicted octanol–water partition coefficient (Wildman–Crippen LogP) is 3.61. The van der Waals surface area contributed by atoms with E-state index in [9.17, 15) is 7.67 Å². The van der Waals surface area contributed by atoms with Crippen LogP contribution in [0.3, 0.4) is 0 Å². The molecule has 0 rings (SSSR count). The van der Waals surface area contributed by atoms with Crippen molar-refractivity contribution in [3.05, 3.63) is 0 Å². The molecule has 0 aromatic carbocycles. The average Bonchev–Trinajstić information content (AvgIpc) is 2.46. The molecule has 0 aliphatic heterocycles. The van der Waals surface area contributed by atoms with Gasteiger partial charge in [-0.25, -0.2) is 0 Å². The number of rotatable bonds is 8. The third-order valence-electron chi connectivity index (χ3n) is 1.52. The number of nitrogens with zero attached hydrogens (tertiary/aromatic N) is 6. The van der Waals surface area contributed by atoms with Gasteiger partial charge < -0.3 is 0 Å². The van der Waals surface area contributed by atoms with Gasteiger partial charge in [-0.05, 0) is 0 Å². The van der Waals surface area contributed by atoms with Crippen molar-refractivity contribution < 1.29 is 18.9 Å². The van der Waals surface area contributed by atoms with Crippen molar-refractivity contribution in [1.29, 1.82) is 31.6 Å². The number of thiocyanates is 6. The Morgan fingerprint density at radius 2 is 0.826 bits per heavy atom. The summed E-state index contributed by atoms with van der Waals surface area (Å²) in [6, 6.07) is 0. The molecule has 0 aliphatic carbocycles. The fraction of sp³-hybridized carbons (Fsp3) is 0. The Hall–Kier alpha value is -0.921.